The molecule has 1 amide bonds. The summed E-state index contributed by atoms with van der Waals surface area (Å²) in [5.74, 6) is -0.0498. The van der Waals surface area contributed by atoms with Crippen LogP contribution in [0.2, 0.25) is 5.02 Å². The molecule has 2 heterocycles. The van der Waals surface area contributed by atoms with Crippen LogP contribution in [0.15, 0.2) is 53.4 Å². The molecule has 160 valence electrons. The van der Waals surface area contributed by atoms with Crippen LogP contribution >= 0.6 is 11.6 Å². The molecule has 2 saturated heterocycles. The summed E-state index contributed by atoms with van der Waals surface area (Å²) < 4.78 is 26.8. The lowest BCUT2D eigenvalue weighted by molar-refractivity contribution is 0.0628. The van der Waals surface area contributed by atoms with Gasteiger partial charge < -0.3 is 4.90 Å². The van der Waals surface area contributed by atoms with Crippen molar-refractivity contribution in [2.45, 2.75) is 24.3 Å². The number of carbonyl (C=O) groups is 1. The van der Waals surface area contributed by atoms with Gasteiger partial charge in [-0.25, -0.2) is 8.42 Å². The minimum atomic E-state index is -3.45. The quantitative estimate of drug-likeness (QED) is 0.706. The zero-order valence-corrected chi connectivity index (χ0v) is 18.4. The highest BCUT2D eigenvalue weighted by molar-refractivity contribution is 7.89. The van der Waals surface area contributed by atoms with Gasteiger partial charge in [0.2, 0.25) is 10.0 Å². The van der Waals surface area contributed by atoms with E-state index in [9.17, 15) is 13.2 Å². The van der Waals surface area contributed by atoms with E-state index in [-0.39, 0.29) is 10.8 Å². The number of sulfonamides is 1. The third-order valence-corrected chi connectivity index (χ3v) is 7.95. The van der Waals surface area contributed by atoms with E-state index in [0.29, 0.717) is 31.7 Å². The molecular formula is C22H26ClN3O3S. The lowest BCUT2D eigenvalue weighted by Crippen LogP contribution is -2.48. The molecule has 0 spiro atoms. The summed E-state index contributed by atoms with van der Waals surface area (Å²) in [6.07, 6.45) is 1.81. The van der Waals surface area contributed by atoms with E-state index < -0.39 is 10.0 Å². The van der Waals surface area contributed by atoms with E-state index in [1.807, 2.05) is 29.2 Å². The Labute approximate surface area is 183 Å². The molecule has 30 heavy (non-hydrogen) atoms. The second-order valence-corrected chi connectivity index (χ2v) is 10.2. The number of carbonyl (C=O) groups excluding carboxylic acids is 1. The summed E-state index contributed by atoms with van der Waals surface area (Å²) in [5, 5.41) is 0.730. The molecule has 0 bridgehead atoms. The molecule has 0 aliphatic carbocycles. The molecule has 2 aromatic carbocycles. The maximum Gasteiger partial charge on any atom is 0.253 e. The van der Waals surface area contributed by atoms with Crippen molar-refractivity contribution in [3.8, 4) is 0 Å². The maximum atomic E-state index is 12.9. The van der Waals surface area contributed by atoms with Gasteiger partial charge >= 0.3 is 0 Å². The highest BCUT2D eigenvalue weighted by atomic mass is 35.5. The minimum absolute atomic E-state index is 0.0498. The monoisotopic (exact) mass is 447 g/mol. The molecular weight excluding hydrogens is 422 g/mol. The van der Waals surface area contributed by atoms with Crippen molar-refractivity contribution in [3.05, 3.63) is 64.7 Å². The average Bonchev–Trinajstić information content (AvgIpc) is 3.31. The molecule has 0 unspecified atom stereocenters. The first-order chi connectivity index (χ1) is 14.4. The third-order valence-electron chi connectivity index (χ3n) is 5.78. The van der Waals surface area contributed by atoms with E-state index in [1.165, 1.54) is 9.87 Å². The van der Waals surface area contributed by atoms with Gasteiger partial charge in [0.25, 0.3) is 5.91 Å². The highest BCUT2D eigenvalue weighted by Gasteiger charge is 2.28. The van der Waals surface area contributed by atoms with Gasteiger partial charge in [-0.05, 0) is 54.8 Å². The number of nitrogens with zero attached hydrogens (tertiary/aromatic N) is 3. The fraction of sp³-hybridized carbons (Fsp3) is 0.409. The van der Waals surface area contributed by atoms with Crippen LogP contribution in [0.1, 0.15) is 28.8 Å². The molecule has 6 nitrogen and oxygen atoms in total. The fourth-order valence-corrected chi connectivity index (χ4v) is 5.63. The summed E-state index contributed by atoms with van der Waals surface area (Å²) in [6.45, 7) is 4.89. The lowest BCUT2D eigenvalue weighted by atomic mass is 10.1. The molecule has 2 aromatic rings. The van der Waals surface area contributed by atoms with Crippen molar-refractivity contribution in [1.29, 1.82) is 0 Å². The molecule has 2 aliphatic heterocycles. The Morgan fingerprint density at radius 2 is 1.43 bits per heavy atom. The molecule has 8 heteroatoms. The first-order valence-electron chi connectivity index (χ1n) is 10.3. The van der Waals surface area contributed by atoms with Crippen LogP contribution in [0.25, 0.3) is 0 Å². The molecule has 0 radical (unpaired) electrons. The number of piperazine rings is 1. The Bertz CT molecular complexity index is 979. The van der Waals surface area contributed by atoms with Crippen molar-refractivity contribution in [2.24, 2.45) is 0 Å². The molecule has 2 fully saturated rings. The van der Waals surface area contributed by atoms with E-state index in [2.05, 4.69) is 4.90 Å². The van der Waals surface area contributed by atoms with Gasteiger partial charge in [-0.3, -0.25) is 9.69 Å². The van der Waals surface area contributed by atoms with Crippen molar-refractivity contribution < 1.29 is 13.2 Å². The second kappa shape index (κ2) is 9.06. The van der Waals surface area contributed by atoms with Gasteiger partial charge in [0.1, 0.15) is 0 Å². The van der Waals surface area contributed by atoms with Crippen molar-refractivity contribution in [3.63, 3.8) is 0 Å². The van der Waals surface area contributed by atoms with Crippen LogP contribution in [0.3, 0.4) is 0 Å². The molecule has 4 rings (SSSR count). The molecule has 0 saturated carbocycles. The number of hydrogen-bond donors (Lipinski definition) is 0. The van der Waals surface area contributed by atoms with Crippen LogP contribution in [0.5, 0.6) is 0 Å². The molecule has 0 N–H and O–H groups in total. The average molecular weight is 448 g/mol. The van der Waals surface area contributed by atoms with E-state index in [1.54, 1.807) is 24.3 Å². The topological polar surface area (TPSA) is 60.9 Å². The standard InChI is InChI=1S/C22H26ClN3O3S/c23-20-7-3-18(4-8-20)17-24-13-15-25(16-14-24)22(27)19-5-9-21(10-6-19)30(28,29)26-11-1-2-12-26/h3-10H,1-2,11-17H2. The van der Waals surface area contributed by atoms with E-state index >= 15 is 0 Å². The van der Waals surface area contributed by atoms with E-state index in [4.69, 9.17) is 11.6 Å². The summed E-state index contributed by atoms with van der Waals surface area (Å²) in [4.78, 5) is 17.3. The Hall–Kier alpha value is -1.93. The second-order valence-electron chi connectivity index (χ2n) is 7.83. The van der Waals surface area contributed by atoms with Crippen LogP contribution in [-0.2, 0) is 16.6 Å². The van der Waals surface area contributed by atoms with Gasteiger partial charge in [0, 0.05) is 56.4 Å². The van der Waals surface area contributed by atoms with Crippen molar-refractivity contribution >= 4 is 27.5 Å². The van der Waals surface area contributed by atoms with Crippen molar-refractivity contribution in [2.75, 3.05) is 39.3 Å². The van der Waals surface area contributed by atoms with Gasteiger partial charge in [0.05, 0.1) is 4.90 Å². The third kappa shape index (κ3) is 4.70. The van der Waals surface area contributed by atoms with Crippen LogP contribution in [0, 0.1) is 0 Å². The number of halogens is 1. The van der Waals surface area contributed by atoms with Crippen molar-refractivity contribution in [1.82, 2.24) is 14.1 Å². The Balaban J connectivity index is 1.34. The van der Waals surface area contributed by atoms with Gasteiger partial charge in [-0.2, -0.15) is 4.31 Å². The summed E-state index contributed by atoms with van der Waals surface area (Å²) in [5.41, 5.74) is 1.73. The zero-order chi connectivity index (χ0) is 21.1. The summed E-state index contributed by atoms with van der Waals surface area (Å²) >= 11 is 5.94. The fourth-order valence-electron chi connectivity index (χ4n) is 3.99. The zero-order valence-electron chi connectivity index (χ0n) is 16.8. The smallest absolute Gasteiger partial charge is 0.253 e. The minimum Gasteiger partial charge on any atom is -0.336 e. The predicted molar refractivity (Wildman–Crippen MR) is 117 cm³/mol. The van der Waals surface area contributed by atoms with Gasteiger partial charge in [0.15, 0.2) is 0 Å². The first kappa shape index (κ1) is 21.3. The highest BCUT2D eigenvalue weighted by Crippen LogP contribution is 2.22. The van der Waals surface area contributed by atoms with Gasteiger partial charge in [-0.15, -0.1) is 0 Å². The maximum absolute atomic E-state index is 12.9. The lowest BCUT2D eigenvalue weighted by Gasteiger charge is -2.34. The number of amides is 1. The number of rotatable bonds is 5. The summed E-state index contributed by atoms with van der Waals surface area (Å²) in [6, 6.07) is 14.2. The van der Waals surface area contributed by atoms with Crippen LogP contribution in [-0.4, -0.2) is 67.7 Å². The van der Waals surface area contributed by atoms with Gasteiger partial charge in [-0.1, -0.05) is 23.7 Å². The van der Waals surface area contributed by atoms with Crippen LogP contribution in [0.4, 0.5) is 0 Å². The predicted octanol–water partition coefficient (Wildman–Crippen LogP) is 3.08. The normalized spacial score (nSPS) is 18.6. The molecule has 0 atom stereocenters. The summed E-state index contributed by atoms with van der Waals surface area (Å²) in [7, 11) is -3.45. The number of hydrogen-bond acceptors (Lipinski definition) is 4. The largest absolute Gasteiger partial charge is 0.336 e. The van der Waals surface area contributed by atoms with Crippen LogP contribution < -0.4 is 0 Å². The Kier molecular flexibility index (Phi) is 6.43. The number of benzene rings is 2. The molecule has 2 aliphatic rings. The van der Waals surface area contributed by atoms with E-state index in [0.717, 1.165) is 37.5 Å². The Morgan fingerprint density at radius 3 is 2.03 bits per heavy atom. The first-order valence-corrected chi connectivity index (χ1v) is 12.1. The SMILES string of the molecule is O=C(c1ccc(S(=O)(=O)N2CCCC2)cc1)N1CCN(Cc2ccc(Cl)cc2)CC1. The molecule has 0 aromatic heterocycles. The Morgan fingerprint density at radius 1 is 0.833 bits per heavy atom.